The Morgan fingerprint density at radius 1 is 1.16 bits per heavy atom. The first-order chi connectivity index (χ1) is 11.9. The smallest absolute Gasteiger partial charge is 0.311 e. The van der Waals surface area contributed by atoms with Gasteiger partial charge in [0.15, 0.2) is 0 Å². The van der Waals surface area contributed by atoms with E-state index in [-0.39, 0.29) is 11.3 Å². The molecule has 1 N–H and O–H groups in total. The molecular weight excluding hydrogens is 342 g/mol. The molecule has 0 aromatic heterocycles. The molecule has 2 aromatic rings. The van der Waals surface area contributed by atoms with E-state index in [0.29, 0.717) is 17.0 Å². The van der Waals surface area contributed by atoms with Crippen LogP contribution in [0.4, 0.5) is 5.69 Å². The van der Waals surface area contributed by atoms with E-state index in [2.05, 4.69) is 0 Å². The molecule has 2 atom stereocenters. The van der Waals surface area contributed by atoms with Crippen LogP contribution in [0.5, 0.6) is 5.75 Å². The van der Waals surface area contributed by atoms with Gasteiger partial charge in [-0.05, 0) is 49.2 Å². The zero-order valence-electron chi connectivity index (χ0n) is 13.9. The van der Waals surface area contributed by atoms with E-state index in [1.807, 2.05) is 0 Å². The van der Waals surface area contributed by atoms with Gasteiger partial charge in [0, 0.05) is 6.04 Å². The molecule has 2 unspecified atom stereocenters. The molecule has 1 aliphatic heterocycles. The second-order valence-corrected chi connectivity index (χ2v) is 7.83. The predicted molar refractivity (Wildman–Crippen MR) is 93.6 cm³/mol. The van der Waals surface area contributed by atoms with Crippen LogP contribution in [0.2, 0.25) is 0 Å². The summed E-state index contributed by atoms with van der Waals surface area (Å²) >= 11 is 0. The minimum atomic E-state index is -3.81. The summed E-state index contributed by atoms with van der Waals surface area (Å²) in [5.74, 6) is -1.09. The normalized spacial score (nSPS) is 20.0. The maximum Gasteiger partial charge on any atom is 0.311 e. The van der Waals surface area contributed by atoms with Gasteiger partial charge in [-0.15, -0.1) is 0 Å². The molecule has 25 heavy (non-hydrogen) atoms. The number of ether oxygens (including phenoxy) is 1. The zero-order valence-corrected chi connectivity index (χ0v) is 14.7. The average Bonchev–Trinajstić information content (AvgIpc) is 2.60. The third-order valence-corrected chi connectivity index (χ3v) is 6.38. The first-order valence-corrected chi connectivity index (χ1v) is 9.30. The standard InChI is InChI=1S/C18H19NO5S/c1-12-11-16(18(20)21)15-5-3-4-6-17(15)19(12)25(22,23)14-9-7-13(24-2)8-10-14/h3-10,12,16H,11H2,1-2H3,(H,20,21). The molecule has 132 valence electrons. The number of para-hydroxylation sites is 1. The van der Waals surface area contributed by atoms with Crippen molar-refractivity contribution in [3.8, 4) is 5.75 Å². The van der Waals surface area contributed by atoms with Crippen molar-refractivity contribution in [2.75, 3.05) is 11.4 Å². The predicted octanol–water partition coefficient (Wildman–Crippen LogP) is 2.85. The number of hydrogen-bond donors (Lipinski definition) is 1. The number of nitrogens with zero attached hydrogens (tertiary/aromatic N) is 1. The minimum absolute atomic E-state index is 0.142. The molecule has 6 nitrogen and oxygen atoms in total. The molecule has 0 spiro atoms. The van der Waals surface area contributed by atoms with Crippen LogP contribution in [-0.2, 0) is 14.8 Å². The zero-order chi connectivity index (χ0) is 18.2. The summed E-state index contributed by atoms with van der Waals surface area (Å²) in [6.07, 6.45) is 0.224. The number of hydrogen-bond acceptors (Lipinski definition) is 4. The highest BCUT2D eigenvalue weighted by atomic mass is 32.2. The van der Waals surface area contributed by atoms with E-state index >= 15 is 0 Å². The van der Waals surface area contributed by atoms with Gasteiger partial charge in [-0.2, -0.15) is 0 Å². The maximum absolute atomic E-state index is 13.2. The lowest BCUT2D eigenvalue weighted by atomic mass is 9.87. The van der Waals surface area contributed by atoms with Crippen molar-refractivity contribution < 1.29 is 23.1 Å². The molecule has 0 radical (unpaired) electrons. The number of methoxy groups -OCH3 is 1. The van der Waals surface area contributed by atoms with Crippen molar-refractivity contribution in [3.63, 3.8) is 0 Å². The summed E-state index contributed by atoms with van der Waals surface area (Å²) in [6, 6.07) is 12.5. The van der Waals surface area contributed by atoms with Crippen LogP contribution in [-0.4, -0.2) is 32.6 Å². The number of carboxylic acid groups (broad SMARTS) is 1. The number of aliphatic carboxylic acids is 1. The number of carboxylic acids is 1. The Balaban J connectivity index is 2.11. The highest BCUT2D eigenvalue weighted by molar-refractivity contribution is 7.92. The fraction of sp³-hybridized carbons (Fsp3) is 0.278. The molecule has 0 saturated carbocycles. The maximum atomic E-state index is 13.2. The summed E-state index contributed by atoms with van der Waals surface area (Å²) in [5.41, 5.74) is 0.939. The molecular formula is C18H19NO5S. The van der Waals surface area contributed by atoms with E-state index < -0.39 is 28.0 Å². The largest absolute Gasteiger partial charge is 0.497 e. The van der Waals surface area contributed by atoms with Gasteiger partial charge in [-0.25, -0.2) is 8.42 Å². The van der Waals surface area contributed by atoms with Crippen molar-refractivity contribution in [3.05, 3.63) is 54.1 Å². The highest BCUT2D eigenvalue weighted by Crippen LogP contribution is 2.41. The third-order valence-electron chi connectivity index (χ3n) is 4.44. The number of sulfonamides is 1. The van der Waals surface area contributed by atoms with Gasteiger partial charge in [0.25, 0.3) is 10.0 Å². The van der Waals surface area contributed by atoms with Crippen LogP contribution < -0.4 is 9.04 Å². The van der Waals surface area contributed by atoms with Gasteiger partial charge < -0.3 is 9.84 Å². The summed E-state index contributed by atoms with van der Waals surface area (Å²) in [7, 11) is -2.30. The number of fused-ring (bicyclic) bond motifs is 1. The molecule has 0 aliphatic carbocycles. The summed E-state index contributed by atoms with van der Waals surface area (Å²) in [6.45, 7) is 1.73. The third kappa shape index (κ3) is 2.95. The van der Waals surface area contributed by atoms with E-state index in [1.165, 1.54) is 23.5 Å². The summed E-state index contributed by atoms with van der Waals surface area (Å²) in [5, 5.41) is 9.48. The quantitative estimate of drug-likeness (QED) is 0.905. The van der Waals surface area contributed by atoms with Gasteiger partial charge in [0.1, 0.15) is 5.75 Å². The minimum Gasteiger partial charge on any atom is -0.497 e. The molecule has 1 aliphatic rings. The van der Waals surface area contributed by atoms with Gasteiger partial charge in [-0.3, -0.25) is 9.10 Å². The Kier molecular flexibility index (Phi) is 4.43. The Labute approximate surface area is 146 Å². The number of benzene rings is 2. The topological polar surface area (TPSA) is 83.9 Å². The van der Waals surface area contributed by atoms with Gasteiger partial charge >= 0.3 is 5.97 Å². The average molecular weight is 361 g/mol. The molecule has 2 aromatic carbocycles. The summed E-state index contributed by atoms with van der Waals surface area (Å²) in [4.78, 5) is 11.7. The van der Waals surface area contributed by atoms with Crippen molar-refractivity contribution in [1.82, 2.24) is 0 Å². The lowest BCUT2D eigenvalue weighted by Crippen LogP contribution is -2.44. The van der Waals surface area contributed by atoms with Crippen molar-refractivity contribution in [2.45, 2.75) is 30.2 Å². The molecule has 0 bridgehead atoms. The Hall–Kier alpha value is -2.54. The van der Waals surface area contributed by atoms with Crippen molar-refractivity contribution >= 4 is 21.7 Å². The molecule has 0 amide bonds. The van der Waals surface area contributed by atoms with Crippen LogP contribution in [0, 0.1) is 0 Å². The highest BCUT2D eigenvalue weighted by Gasteiger charge is 2.40. The lowest BCUT2D eigenvalue weighted by Gasteiger charge is -2.38. The van der Waals surface area contributed by atoms with E-state index in [4.69, 9.17) is 4.74 Å². The summed E-state index contributed by atoms with van der Waals surface area (Å²) < 4.78 is 32.7. The van der Waals surface area contributed by atoms with Crippen molar-refractivity contribution in [2.24, 2.45) is 0 Å². The van der Waals surface area contributed by atoms with Crippen LogP contribution in [0.1, 0.15) is 24.8 Å². The van der Waals surface area contributed by atoms with E-state index in [0.717, 1.165) is 0 Å². The lowest BCUT2D eigenvalue weighted by molar-refractivity contribution is -0.139. The number of carbonyl (C=O) groups is 1. The van der Waals surface area contributed by atoms with Crippen LogP contribution in [0.15, 0.2) is 53.4 Å². The van der Waals surface area contributed by atoms with Gasteiger partial charge in [-0.1, -0.05) is 18.2 Å². The fourth-order valence-corrected chi connectivity index (χ4v) is 4.94. The van der Waals surface area contributed by atoms with Crippen molar-refractivity contribution in [1.29, 1.82) is 0 Å². The van der Waals surface area contributed by atoms with Crippen LogP contribution in [0.25, 0.3) is 0 Å². The second-order valence-electron chi connectivity index (χ2n) is 6.01. The fourth-order valence-electron chi connectivity index (χ4n) is 3.25. The second kappa shape index (κ2) is 6.40. The van der Waals surface area contributed by atoms with E-state index in [1.54, 1.807) is 43.3 Å². The van der Waals surface area contributed by atoms with E-state index in [9.17, 15) is 18.3 Å². The van der Waals surface area contributed by atoms with Crippen LogP contribution >= 0.6 is 0 Å². The number of rotatable bonds is 4. The molecule has 7 heteroatoms. The Bertz CT molecular complexity index is 892. The monoisotopic (exact) mass is 361 g/mol. The molecule has 1 heterocycles. The van der Waals surface area contributed by atoms with Gasteiger partial charge in [0.05, 0.1) is 23.6 Å². The molecule has 0 fully saturated rings. The Morgan fingerprint density at radius 2 is 1.80 bits per heavy atom. The molecule has 0 saturated heterocycles. The Morgan fingerprint density at radius 3 is 2.40 bits per heavy atom. The van der Waals surface area contributed by atoms with Crippen LogP contribution in [0.3, 0.4) is 0 Å². The first kappa shape index (κ1) is 17.3. The first-order valence-electron chi connectivity index (χ1n) is 7.86. The number of anilines is 1. The SMILES string of the molecule is COc1ccc(S(=O)(=O)N2c3ccccc3C(C(=O)O)CC2C)cc1. The molecule has 3 rings (SSSR count). The van der Waals surface area contributed by atoms with Gasteiger partial charge in [0.2, 0.25) is 0 Å².